The van der Waals surface area contributed by atoms with Crippen LogP contribution in [0.3, 0.4) is 0 Å². The fraction of sp³-hybridized carbons (Fsp3) is 0.276. The van der Waals surface area contributed by atoms with Crippen molar-refractivity contribution >= 4 is 16.6 Å². The van der Waals surface area contributed by atoms with Gasteiger partial charge in [-0.2, -0.15) is 5.26 Å². The molecule has 1 aliphatic rings. The SMILES string of the molecule is COC(OC)C1CCN(c2ccc(-n3cnc4ccc(Oc5c(F)ccc(F)c5C#N)cc4c3=O)cc2)CC1. The zero-order valence-electron chi connectivity index (χ0n) is 21.4. The molecule has 0 atom stereocenters. The Hall–Kier alpha value is -4.33. The molecule has 1 aliphatic heterocycles. The van der Waals surface area contributed by atoms with Gasteiger partial charge in [0.25, 0.3) is 5.56 Å². The van der Waals surface area contributed by atoms with Gasteiger partial charge in [-0.3, -0.25) is 9.36 Å². The molecule has 0 bridgehead atoms. The molecule has 3 aromatic carbocycles. The minimum Gasteiger partial charge on any atom is -0.453 e. The van der Waals surface area contributed by atoms with Crippen LogP contribution in [-0.4, -0.2) is 43.2 Å². The average Bonchev–Trinajstić information content (AvgIpc) is 2.97. The summed E-state index contributed by atoms with van der Waals surface area (Å²) in [5, 5.41) is 9.45. The van der Waals surface area contributed by atoms with Crippen LogP contribution in [0.15, 0.2) is 65.7 Å². The van der Waals surface area contributed by atoms with Gasteiger partial charge in [-0.25, -0.2) is 13.8 Å². The molecule has 200 valence electrons. The highest BCUT2D eigenvalue weighted by Gasteiger charge is 2.26. The maximum absolute atomic E-state index is 14.3. The van der Waals surface area contributed by atoms with E-state index in [1.165, 1.54) is 23.0 Å². The quantitative estimate of drug-likeness (QED) is 0.304. The first-order valence-electron chi connectivity index (χ1n) is 12.4. The van der Waals surface area contributed by atoms with Gasteiger partial charge in [-0.05, 0) is 67.4 Å². The van der Waals surface area contributed by atoms with Crippen molar-refractivity contribution in [2.24, 2.45) is 5.92 Å². The normalized spacial score (nSPS) is 14.1. The van der Waals surface area contributed by atoms with Gasteiger partial charge in [0.15, 0.2) is 17.9 Å². The Morgan fingerprint density at radius 1 is 0.974 bits per heavy atom. The summed E-state index contributed by atoms with van der Waals surface area (Å²) >= 11 is 0. The molecule has 10 heteroatoms. The molecule has 0 amide bonds. The number of nitrogens with zero attached hydrogens (tertiary/aromatic N) is 4. The van der Waals surface area contributed by atoms with Gasteiger partial charge in [0, 0.05) is 38.9 Å². The number of hydrogen-bond donors (Lipinski definition) is 0. The Morgan fingerprint density at radius 3 is 2.31 bits per heavy atom. The first kappa shape index (κ1) is 26.3. The zero-order chi connectivity index (χ0) is 27.5. The summed E-state index contributed by atoms with van der Waals surface area (Å²) in [6, 6.07) is 15.4. The van der Waals surface area contributed by atoms with E-state index in [4.69, 9.17) is 14.2 Å². The fourth-order valence-electron chi connectivity index (χ4n) is 4.94. The van der Waals surface area contributed by atoms with Crippen LogP contribution in [0.2, 0.25) is 0 Å². The highest BCUT2D eigenvalue weighted by Crippen LogP contribution is 2.31. The Bertz CT molecular complexity index is 1590. The van der Waals surface area contributed by atoms with Crippen molar-refractivity contribution in [2.75, 3.05) is 32.2 Å². The van der Waals surface area contributed by atoms with Crippen molar-refractivity contribution in [1.29, 1.82) is 5.26 Å². The van der Waals surface area contributed by atoms with Crippen molar-refractivity contribution in [3.8, 4) is 23.3 Å². The summed E-state index contributed by atoms with van der Waals surface area (Å²) in [5.41, 5.74) is 1.17. The Morgan fingerprint density at radius 2 is 1.64 bits per heavy atom. The summed E-state index contributed by atoms with van der Waals surface area (Å²) in [6.45, 7) is 1.74. The summed E-state index contributed by atoms with van der Waals surface area (Å²) in [6.07, 6.45) is 3.14. The smallest absolute Gasteiger partial charge is 0.265 e. The van der Waals surface area contributed by atoms with E-state index in [1.807, 2.05) is 24.3 Å². The van der Waals surface area contributed by atoms with Crippen molar-refractivity contribution in [1.82, 2.24) is 9.55 Å². The lowest BCUT2D eigenvalue weighted by Gasteiger charge is -2.36. The molecule has 1 saturated heterocycles. The second kappa shape index (κ2) is 11.2. The van der Waals surface area contributed by atoms with Crippen LogP contribution >= 0.6 is 0 Å². The summed E-state index contributed by atoms with van der Waals surface area (Å²) in [5.74, 6) is -1.92. The van der Waals surface area contributed by atoms with E-state index in [0.29, 0.717) is 17.1 Å². The molecule has 1 fully saturated rings. The summed E-state index contributed by atoms with van der Waals surface area (Å²) in [4.78, 5) is 20.0. The van der Waals surface area contributed by atoms with Crippen LogP contribution in [0.1, 0.15) is 18.4 Å². The number of benzene rings is 3. The molecule has 5 rings (SSSR count). The van der Waals surface area contributed by atoms with Crippen molar-refractivity contribution in [3.63, 3.8) is 0 Å². The Kier molecular flexibility index (Phi) is 7.54. The third-order valence-electron chi connectivity index (χ3n) is 7.00. The number of anilines is 1. The van der Waals surface area contributed by atoms with E-state index in [9.17, 15) is 18.8 Å². The van der Waals surface area contributed by atoms with Gasteiger partial charge in [0.2, 0.25) is 0 Å². The monoisotopic (exact) mass is 532 g/mol. The highest BCUT2D eigenvalue weighted by molar-refractivity contribution is 5.79. The summed E-state index contributed by atoms with van der Waals surface area (Å²) < 4.78 is 46.0. The molecule has 39 heavy (non-hydrogen) atoms. The molecule has 4 aromatic rings. The number of rotatable bonds is 7. The van der Waals surface area contributed by atoms with Crippen LogP contribution < -0.4 is 15.2 Å². The molecule has 0 aliphatic carbocycles. The van der Waals surface area contributed by atoms with Crippen molar-refractivity contribution in [3.05, 3.63) is 88.5 Å². The predicted octanol–water partition coefficient (Wildman–Crippen LogP) is 5.16. The topological polar surface area (TPSA) is 89.6 Å². The lowest BCUT2D eigenvalue weighted by atomic mass is 9.95. The highest BCUT2D eigenvalue weighted by atomic mass is 19.1. The molecule has 0 unspecified atom stereocenters. The van der Waals surface area contributed by atoms with Gasteiger partial charge < -0.3 is 19.1 Å². The number of hydrogen-bond acceptors (Lipinski definition) is 7. The van der Waals surface area contributed by atoms with E-state index in [0.717, 1.165) is 43.8 Å². The van der Waals surface area contributed by atoms with Gasteiger partial charge in [0.05, 0.1) is 16.6 Å². The molecule has 0 radical (unpaired) electrons. The predicted molar refractivity (Wildman–Crippen MR) is 141 cm³/mol. The third-order valence-corrected chi connectivity index (χ3v) is 7.00. The van der Waals surface area contributed by atoms with Crippen LogP contribution in [0.25, 0.3) is 16.6 Å². The largest absolute Gasteiger partial charge is 0.453 e. The maximum atomic E-state index is 14.3. The Balaban J connectivity index is 1.38. The second-order valence-corrected chi connectivity index (χ2v) is 9.23. The van der Waals surface area contributed by atoms with E-state index >= 15 is 0 Å². The Labute approximate surface area is 223 Å². The molecule has 0 spiro atoms. The van der Waals surface area contributed by atoms with Crippen LogP contribution in [0, 0.1) is 28.9 Å². The molecule has 2 heterocycles. The lowest BCUT2D eigenvalue weighted by Crippen LogP contribution is -2.39. The number of nitriles is 1. The van der Waals surface area contributed by atoms with Gasteiger partial charge in [-0.15, -0.1) is 0 Å². The van der Waals surface area contributed by atoms with Gasteiger partial charge in [0.1, 0.15) is 29.5 Å². The molecular weight excluding hydrogens is 506 g/mol. The summed E-state index contributed by atoms with van der Waals surface area (Å²) in [7, 11) is 3.32. The van der Waals surface area contributed by atoms with Crippen LogP contribution in [0.4, 0.5) is 14.5 Å². The lowest BCUT2D eigenvalue weighted by molar-refractivity contribution is -0.141. The zero-order valence-corrected chi connectivity index (χ0v) is 21.4. The third kappa shape index (κ3) is 5.19. The minimum absolute atomic E-state index is 0.0723. The molecule has 1 aromatic heterocycles. The number of ether oxygens (including phenoxy) is 3. The molecular formula is C29H26F2N4O4. The van der Waals surface area contributed by atoms with E-state index in [2.05, 4.69) is 9.88 Å². The van der Waals surface area contributed by atoms with Crippen molar-refractivity contribution in [2.45, 2.75) is 19.1 Å². The first-order chi connectivity index (χ1) is 18.9. The maximum Gasteiger partial charge on any atom is 0.265 e. The second-order valence-electron chi connectivity index (χ2n) is 9.23. The number of aromatic nitrogens is 2. The average molecular weight is 533 g/mol. The number of halogens is 2. The van der Waals surface area contributed by atoms with Crippen molar-refractivity contribution < 1.29 is 23.0 Å². The minimum atomic E-state index is -0.902. The number of fused-ring (bicyclic) bond motifs is 1. The fourth-order valence-corrected chi connectivity index (χ4v) is 4.94. The van der Waals surface area contributed by atoms with Crippen LogP contribution in [-0.2, 0) is 9.47 Å². The number of piperidine rings is 1. The van der Waals surface area contributed by atoms with Crippen LogP contribution in [0.5, 0.6) is 11.5 Å². The molecule has 0 saturated carbocycles. The van der Waals surface area contributed by atoms with Gasteiger partial charge >= 0.3 is 0 Å². The van der Waals surface area contributed by atoms with E-state index in [-0.39, 0.29) is 23.0 Å². The standard InChI is InChI=1S/C29H26F2N4O4/c1-37-29(38-2)18-11-13-34(14-12-18)19-3-5-20(6-4-19)35-17-33-26-10-7-21(15-22(26)28(35)36)39-27-23(16-32)24(30)8-9-25(27)31/h3-10,15,17-18,29H,11-14H2,1-2H3. The first-order valence-corrected chi connectivity index (χ1v) is 12.4. The van der Waals surface area contributed by atoms with Gasteiger partial charge in [-0.1, -0.05) is 0 Å². The number of methoxy groups -OCH3 is 2. The van der Waals surface area contributed by atoms with E-state index < -0.39 is 22.9 Å². The molecule has 8 nitrogen and oxygen atoms in total. The molecule has 0 N–H and O–H groups in total. The van der Waals surface area contributed by atoms with E-state index in [1.54, 1.807) is 26.4 Å².